The maximum Gasteiger partial charge on any atom is 0.135 e. The van der Waals surface area contributed by atoms with Gasteiger partial charge < -0.3 is 15.2 Å². The van der Waals surface area contributed by atoms with E-state index in [0.29, 0.717) is 6.54 Å². The average Bonchev–Trinajstić information content (AvgIpc) is 2.54. The summed E-state index contributed by atoms with van der Waals surface area (Å²) in [6.45, 7) is 2.64. The molecule has 0 heterocycles. The summed E-state index contributed by atoms with van der Waals surface area (Å²) in [5, 5.41) is 0. The van der Waals surface area contributed by atoms with Crippen LogP contribution in [0.5, 0.6) is 17.2 Å². The molecular weight excluding hydrogens is 262 g/mol. The predicted octanol–water partition coefficient (Wildman–Crippen LogP) is 4.29. The summed E-state index contributed by atoms with van der Waals surface area (Å²) in [6.07, 6.45) is 3.54. The summed E-state index contributed by atoms with van der Waals surface area (Å²) in [5.74, 6) is 2.33. The second-order valence-corrected chi connectivity index (χ2v) is 5.03. The summed E-state index contributed by atoms with van der Waals surface area (Å²) in [7, 11) is 1.64. The van der Waals surface area contributed by atoms with Gasteiger partial charge in [0.1, 0.15) is 17.2 Å². The summed E-state index contributed by atoms with van der Waals surface area (Å²) >= 11 is 0. The van der Waals surface area contributed by atoms with Crippen molar-refractivity contribution in [2.24, 2.45) is 5.73 Å². The van der Waals surface area contributed by atoms with E-state index >= 15 is 0 Å². The van der Waals surface area contributed by atoms with Gasteiger partial charge in [0.05, 0.1) is 7.11 Å². The molecule has 0 amide bonds. The molecule has 0 spiro atoms. The number of methoxy groups -OCH3 is 1. The van der Waals surface area contributed by atoms with Crippen molar-refractivity contribution in [3.63, 3.8) is 0 Å². The van der Waals surface area contributed by atoms with Crippen molar-refractivity contribution in [2.75, 3.05) is 7.11 Å². The highest BCUT2D eigenvalue weighted by molar-refractivity contribution is 5.43. The van der Waals surface area contributed by atoms with E-state index < -0.39 is 0 Å². The van der Waals surface area contributed by atoms with E-state index in [1.54, 1.807) is 7.11 Å². The number of ether oxygens (including phenoxy) is 2. The molecule has 112 valence electrons. The molecule has 0 saturated carbocycles. The monoisotopic (exact) mass is 285 g/mol. The van der Waals surface area contributed by atoms with Gasteiger partial charge in [0.15, 0.2) is 0 Å². The normalized spacial score (nSPS) is 10.4. The highest BCUT2D eigenvalue weighted by atomic mass is 16.5. The van der Waals surface area contributed by atoms with Crippen molar-refractivity contribution in [3.8, 4) is 17.2 Å². The first-order chi connectivity index (χ1) is 10.3. The Kier molecular flexibility index (Phi) is 5.64. The van der Waals surface area contributed by atoms with Crippen LogP contribution in [0.25, 0.3) is 0 Å². The van der Waals surface area contributed by atoms with Crippen LogP contribution in [-0.2, 0) is 13.0 Å². The van der Waals surface area contributed by atoms with E-state index in [0.717, 1.165) is 29.2 Å². The first-order valence-corrected chi connectivity index (χ1v) is 7.40. The molecular formula is C18H23NO2. The van der Waals surface area contributed by atoms with Crippen LogP contribution in [0.15, 0.2) is 42.5 Å². The Morgan fingerprint density at radius 2 is 1.71 bits per heavy atom. The first kappa shape index (κ1) is 15.4. The van der Waals surface area contributed by atoms with Gasteiger partial charge in [-0.2, -0.15) is 0 Å². The molecule has 0 aromatic heterocycles. The minimum absolute atomic E-state index is 0.438. The maximum atomic E-state index is 5.94. The highest BCUT2D eigenvalue weighted by Crippen LogP contribution is 2.29. The Bertz CT molecular complexity index is 564. The largest absolute Gasteiger partial charge is 0.497 e. The fraction of sp³-hybridized carbons (Fsp3) is 0.333. The van der Waals surface area contributed by atoms with Crippen LogP contribution in [0, 0.1) is 0 Å². The lowest BCUT2D eigenvalue weighted by atomic mass is 10.1. The smallest absolute Gasteiger partial charge is 0.135 e. The van der Waals surface area contributed by atoms with Gasteiger partial charge >= 0.3 is 0 Å². The van der Waals surface area contributed by atoms with Gasteiger partial charge in [-0.15, -0.1) is 0 Å². The van der Waals surface area contributed by atoms with E-state index in [-0.39, 0.29) is 0 Å². The van der Waals surface area contributed by atoms with Crippen molar-refractivity contribution < 1.29 is 9.47 Å². The molecule has 0 unspecified atom stereocenters. The summed E-state index contributed by atoms with van der Waals surface area (Å²) in [5.41, 5.74) is 8.06. The Balaban J connectivity index is 2.13. The fourth-order valence-corrected chi connectivity index (χ4v) is 2.16. The van der Waals surface area contributed by atoms with Crippen molar-refractivity contribution in [1.29, 1.82) is 0 Å². The standard InChI is InChI=1S/C18H23NO2/c1-3-4-5-14-6-9-16(10-7-14)21-18-12-17(20-2)11-8-15(18)13-19/h6-12H,3-5,13,19H2,1-2H3. The molecule has 2 N–H and O–H groups in total. The highest BCUT2D eigenvalue weighted by Gasteiger charge is 2.06. The third-order valence-electron chi connectivity index (χ3n) is 3.46. The molecule has 0 aliphatic heterocycles. The summed E-state index contributed by atoms with van der Waals surface area (Å²) in [6, 6.07) is 13.9. The van der Waals surface area contributed by atoms with Gasteiger partial charge in [-0.25, -0.2) is 0 Å². The Morgan fingerprint density at radius 3 is 2.33 bits per heavy atom. The van der Waals surface area contributed by atoms with Crippen LogP contribution in [-0.4, -0.2) is 7.11 Å². The zero-order chi connectivity index (χ0) is 15.1. The van der Waals surface area contributed by atoms with Crippen LogP contribution in [0.1, 0.15) is 30.9 Å². The SMILES string of the molecule is CCCCc1ccc(Oc2cc(OC)ccc2CN)cc1. The number of nitrogens with two attached hydrogens (primary N) is 1. The topological polar surface area (TPSA) is 44.5 Å². The van der Waals surface area contributed by atoms with E-state index in [9.17, 15) is 0 Å². The molecule has 3 nitrogen and oxygen atoms in total. The number of aryl methyl sites for hydroxylation is 1. The Labute approximate surface area is 126 Å². The third kappa shape index (κ3) is 4.23. The molecule has 0 fully saturated rings. The molecule has 0 radical (unpaired) electrons. The van der Waals surface area contributed by atoms with Gasteiger partial charge in [0.2, 0.25) is 0 Å². The van der Waals surface area contributed by atoms with E-state index in [2.05, 4.69) is 19.1 Å². The molecule has 0 aliphatic carbocycles. The van der Waals surface area contributed by atoms with Crippen LogP contribution in [0.3, 0.4) is 0 Å². The Hall–Kier alpha value is -2.00. The lowest BCUT2D eigenvalue weighted by molar-refractivity contribution is 0.408. The number of hydrogen-bond acceptors (Lipinski definition) is 3. The lowest BCUT2D eigenvalue weighted by Gasteiger charge is -2.12. The molecule has 2 aromatic carbocycles. The maximum absolute atomic E-state index is 5.94. The van der Waals surface area contributed by atoms with Crippen LogP contribution in [0.2, 0.25) is 0 Å². The van der Waals surface area contributed by atoms with Gasteiger partial charge in [0, 0.05) is 18.2 Å². The van der Waals surface area contributed by atoms with Crippen molar-refractivity contribution in [2.45, 2.75) is 32.7 Å². The second kappa shape index (κ2) is 7.70. The van der Waals surface area contributed by atoms with E-state index in [1.807, 2.05) is 30.3 Å². The van der Waals surface area contributed by atoms with Crippen molar-refractivity contribution >= 4 is 0 Å². The molecule has 21 heavy (non-hydrogen) atoms. The van der Waals surface area contributed by atoms with Gasteiger partial charge in [-0.3, -0.25) is 0 Å². The molecule has 2 rings (SSSR count). The number of hydrogen-bond donors (Lipinski definition) is 1. The van der Waals surface area contributed by atoms with Crippen LogP contribution in [0.4, 0.5) is 0 Å². The fourth-order valence-electron chi connectivity index (χ4n) is 2.16. The molecule has 3 heteroatoms. The average molecular weight is 285 g/mol. The van der Waals surface area contributed by atoms with Gasteiger partial charge in [-0.1, -0.05) is 31.5 Å². The van der Waals surface area contributed by atoms with Crippen molar-refractivity contribution in [1.82, 2.24) is 0 Å². The van der Waals surface area contributed by atoms with E-state index in [4.69, 9.17) is 15.2 Å². The molecule has 0 saturated heterocycles. The van der Waals surface area contributed by atoms with Gasteiger partial charge in [0.25, 0.3) is 0 Å². The van der Waals surface area contributed by atoms with Gasteiger partial charge in [-0.05, 0) is 36.6 Å². The number of benzene rings is 2. The number of unbranched alkanes of at least 4 members (excludes halogenated alkanes) is 1. The zero-order valence-electron chi connectivity index (χ0n) is 12.8. The lowest BCUT2D eigenvalue weighted by Crippen LogP contribution is -2.00. The quantitative estimate of drug-likeness (QED) is 0.825. The second-order valence-electron chi connectivity index (χ2n) is 5.03. The molecule has 0 atom stereocenters. The zero-order valence-corrected chi connectivity index (χ0v) is 12.8. The van der Waals surface area contributed by atoms with Crippen LogP contribution >= 0.6 is 0 Å². The Morgan fingerprint density at radius 1 is 1.00 bits per heavy atom. The first-order valence-electron chi connectivity index (χ1n) is 7.40. The molecule has 2 aromatic rings. The number of rotatable bonds is 7. The van der Waals surface area contributed by atoms with Crippen LogP contribution < -0.4 is 15.2 Å². The summed E-state index contributed by atoms with van der Waals surface area (Å²) < 4.78 is 11.2. The minimum Gasteiger partial charge on any atom is -0.497 e. The van der Waals surface area contributed by atoms with Crippen molar-refractivity contribution in [3.05, 3.63) is 53.6 Å². The summed E-state index contributed by atoms with van der Waals surface area (Å²) in [4.78, 5) is 0. The third-order valence-corrected chi connectivity index (χ3v) is 3.46. The molecule has 0 aliphatic rings. The minimum atomic E-state index is 0.438. The predicted molar refractivity (Wildman–Crippen MR) is 86.0 cm³/mol. The molecule has 0 bridgehead atoms. The van der Waals surface area contributed by atoms with E-state index in [1.165, 1.54) is 18.4 Å².